The summed E-state index contributed by atoms with van der Waals surface area (Å²) in [6, 6.07) is 7.30. The number of carbonyl (C=O) groups excluding carboxylic acids is 1. The van der Waals surface area contributed by atoms with Crippen molar-refractivity contribution in [3.8, 4) is 0 Å². The molecule has 1 rings (SSSR count). The summed E-state index contributed by atoms with van der Waals surface area (Å²) in [6.07, 6.45) is 1.38. The lowest BCUT2D eigenvalue weighted by Crippen LogP contribution is -2.32. The average Bonchev–Trinajstić information content (AvgIpc) is 2.29. The van der Waals surface area contributed by atoms with Crippen LogP contribution in [0.4, 0.5) is 0 Å². The number of halogens is 1. The Labute approximate surface area is 120 Å². The van der Waals surface area contributed by atoms with Crippen molar-refractivity contribution < 1.29 is 14.7 Å². The summed E-state index contributed by atoms with van der Waals surface area (Å²) in [7, 11) is 0. The molecule has 0 aliphatic heterocycles. The highest BCUT2D eigenvalue weighted by Gasteiger charge is 2.09. The second-order valence-electron chi connectivity index (χ2n) is 4.17. The van der Waals surface area contributed by atoms with Crippen molar-refractivity contribution in [2.24, 2.45) is 0 Å². The first-order valence-corrected chi connectivity index (χ1v) is 6.85. The van der Waals surface area contributed by atoms with Gasteiger partial charge < -0.3 is 10.4 Å². The van der Waals surface area contributed by atoms with Gasteiger partial charge in [0.1, 0.15) is 0 Å². The zero-order valence-electron chi connectivity index (χ0n) is 10.1. The van der Waals surface area contributed by atoms with E-state index < -0.39 is 5.97 Å². The zero-order chi connectivity index (χ0) is 13.5. The van der Waals surface area contributed by atoms with Crippen molar-refractivity contribution in [3.05, 3.63) is 33.4 Å². The van der Waals surface area contributed by atoms with Gasteiger partial charge in [-0.3, -0.25) is 9.59 Å². The number of benzene rings is 1. The number of nitrogens with one attached hydrogen (secondary N) is 1. The summed E-state index contributed by atoms with van der Waals surface area (Å²) < 4.78 is 1.08. The van der Waals surface area contributed by atoms with E-state index in [1.165, 1.54) is 0 Å². The van der Waals surface area contributed by atoms with Gasteiger partial charge in [-0.25, -0.2) is 0 Å². The fraction of sp³-hybridized carbons (Fsp3) is 0.385. The largest absolute Gasteiger partial charge is 0.481 e. The smallest absolute Gasteiger partial charge is 0.303 e. The quantitative estimate of drug-likeness (QED) is 0.766. The van der Waals surface area contributed by atoms with E-state index in [4.69, 9.17) is 5.11 Å². The van der Waals surface area contributed by atoms with Gasteiger partial charge in [-0.05, 0) is 66.6 Å². The molecule has 0 spiro atoms. The number of hydrogen-bond acceptors (Lipinski definition) is 2. The van der Waals surface area contributed by atoms with Crippen LogP contribution in [0.5, 0.6) is 0 Å². The van der Waals surface area contributed by atoms with E-state index in [1.807, 2.05) is 19.1 Å². The first-order chi connectivity index (χ1) is 8.49. The van der Waals surface area contributed by atoms with Crippen molar-refractivity contribution in [2.75, 3.05) is 0 Å². The number of aliphatic carboxylic acids is 1. The van der Waals surface area contributed by atoms with Crippen molar-refractivity contribution in [1.29, 1.82) is 0 Å². The minimum absolute atomic E-state index is 0.0175. The van der Waals surface area contributed by atoms with Crippen LogP contribution in [-0.4, -0.2) is 23.0 Å². The van der Waals surface area contributed by atoms with Crippen LogP contribution < -0.4 is 5.32 Å². The zero-order valence-corrected chi connectivity index (χ0v) is 12.3. The van der Waals surface area contributed by atoms with Crippen molar-refractivity contribution in [1.82, 2.24) is 5.32 Å². The van der Waals surface area contributed by atoms with E-state index in [9.17, 15) is 9.59 Å². The maximum Gasteiger partial charge on any atom is 0.303 e. The Kier molecular flexibility index (Phi) is 6.11. The van der Waals surface area contributed by atoms with E-state index in [1.54, 1.807) is 12.1 Å². The maximum absolute atomic E-state index is 11.8. The molecule has 0 aromatic heterocycles. The number of carboxylic acid groups (broad SMARTS) is 1. The first kappa shape index (κ1) is 14.9. The Morgan fingerprint density at radius 3 is 2.50 bits per heavy atom. The first-order valence-electron chi connectivity index (χ1n) is 5.77. The summed E-state index contributed by atoms with van der Waals surface area (Å²) >= 11 is 2.18. The molecule has 0 radical (unpaired) electrons. The lowest BCUT2D eigenvalue weighted by atomic mass is 10.1. The lowest BCUT2D eigenvalue weighted by Gasteiger charge is -2.13. The van der Waals surface area contributed by atoms with Gasteiger partial charge in [0.2, 0.25) is 0 Å². The van der Waals surface area contributed by atoms with E-state index in [-0.39, 0.29) is 18.4 Å². The van der Waals surface area contributed by atoms with Gasteiger partial charge in [0, 0.05) is 21.6 Å². The molecule has 2 N–H and O–H groups in total. The number of rotatable bonds is 6. The number of carboxylic acids is 1. The molecule has 1 atom stereocenters. The maximum atomic E-state index is 11.8. The topological polar surface area (TPSA) is 66.4 Å². The molecule has 18 heavy (non-hydrogen) atoms. The number of amides is 1. The van der Waals surface area contributed by atoms with Crippen molar-refractivity contribution in [3.63, 3.8) is 0 Å². The summed E-state index contributed by atoms with van der Waals surface area (Å²) in [5, 5.41) is 11.4. The Morgan fingerprint density at radius 2 is 1.94 bits per heavy atom. The molecule has 0 aliphatic rings. The van der Waals surface area contributed by atoms with Crippen LogP contribution in [0.2, 0.25) is 0 Å². The van der Waals surface area contributed by atoms with Gasteiger partial charge in [-0.2, -0.15) is 0 Å². The lowest BCUT2D eigenvalue weighted by molar-refractivity contribution is -0.137. The van der Waals surface area contributed by atoms with E-state index in [0.717, 1.165) is 3.57 Å². The molecule has 5 heteroatoms. The fourth-order valence-corrected chi connectivity index (χ4v) is 1.90. The Bertz CT molecular complexity index is 417. The summed E-state index contributed by atoms with van der Waals surface area (Å²) in [5.41, 5.74) is 0.625. The molecular weight excluding hydrogens is 345 g/mol. The predicted octanol–water partition coefficient (Wildman–Crippen LogP) is 2.66. The predicted molar refractivity (Wildman–Crippen MR) is 77.6 cm³/mol. The average molecular weight is 361 g/mol. The molecule has 4 nitrogen and oxygen atoms in total. The van der Waals surface area contributed by atoms with Crippen molar-refractivity contribution in [2.45, 2.75) is 32.2 Å². The molecule has 1 aromatic rings. The second-order valence-corrected chi connectivity index (χ2v) is 5.41. The molecule has 0 saturated heterocycles. The van der Waals surface area contributed by atoms with Gasteiger partial charge >= 0.3 is 5.97 Å². The van der Waals surface area contributed by atoms with Crippen LogP contribution in [0, 0.1) is 3.57 Å². The van der Waals surface area contributed by atoms with E-state index >= 15 is 0 Å². The molecule has 1 aromatic carbocycles. The molecule has 1 unspecified atom stereocenters. The molecule has 0 aliphatic carbocycles. The van der Waals surface area contributed by atoms with Crippen LogP contribution in [0.25, 0.3) is 0 Å². The molecule has 0 bridgehead atoms. The minimum atomic E-state index is -0.800. The van der Waals surface area contributed by atoms with E-state index in [2.05, 4.69) is 27.9 Å². The third-order valence-electron chi connectivity index (χ3n) is 2.51. The molecule has 0 saturated carbocycles. The molecule has 1 amide bonds. The van der Waals surface area contributed by atoms with Gasteiger partial charge in [-0.1, -0.05) is 0 Å². The standard InChI is InChI=1S/C13H16INO3/c1-9(3-2-4-12(16)17)15-13(18)10-5-7-11(14)8-6-10/h5-9H,2-4H2,1H3,(H,15,18)(H,16,17). The highest BCUT2D eigenvalue weighted by molar-refractivity contribution is 14.1. The van der Waals surface area contributed by atoms with E-state index in [0.29, 0.717) is 18.4 Å². The summed E-state index contributed by atoms with van der Waals surface area (Å²) in [6.45, 7) is 1.88. The van der Waals surface area contributed by atoms with Crippen molar-refractivity contribution >= 4 is 34.5 Å². The molecule has 0 heterocycles. The van der Waals surface area contributed by atoms with Gasteiger partial charge in [0.25, 0.3) is 5.91 Å². The van der Waals surface area contributed by atoms with Crippen LogP contribution >= 0.6 is 22.6 Å². The summed E-state index contributed by atoms with van der Waals surface area (Å²) in [5.74, 6) is -0.916. The monoisotopic (exact) mass is 361 g/mol. The highest BCUT2D eigenvalue weighted by Crippen LogP contribution is 2.08. The van der Waals surface area contributed by atoms with Crippen LogP contribution in [0.1, 0.15) is 36.5 Å². The second kappa shape index (κ2) is 7.35. The Hall–Kier alpha value is -1.11. The third kappa shape index (κ3) is 5.48. The SMILES string of the molecule is CC(CCCC(=O)O)NC(=O)c1ccc(I)cc1. The summed E-state index contributed by atoms with van der Waals surface area (Å²) in [4.78, 5) is 22.2. The fourth-order valence-electron chi connectivity index (χ4n) is 1.54. The minimum Gasteiger partial charge on any atom is -0.481 e. The van der Waals surface area contributed by atoms with Gasteiger partial charge in [-0.15, -0.1) is 0 Å². The molecule has 0 fully saturated rings. The van der Waals surface area contributed by atoms with Gasteiger partial charge in [0.05, 0.1) is 0 Å². The van der Waals surface area contributed by atoms with Crippen LogP contribution in [0.3, 0.4) is 0 Å². The van der Waals surface area contributed by atoms with Crippen LogP contribution in [-0.2, 0) is 4.79 Å². The van der Waals surface area contributed by atoms with Gasteiger partial charge in [0.15, 0.2) is 0 Å². The Balaban J connectivity index is 2.39. The number of hydrogen-bond donors (Lipinski definition) is 2. The van der Waals surface area contributed by atoms with Crippen LogP contribution in [0.15, 0.2) is 24.3 Å². The third-order valence-corrected chi connectivity index (χ3v) is 3.23. The normalized spacial score (nSPS) is 11.9. The Morgan fingerprint density at radius 1 is 1.33 bits per heavy atom. The highest BCUT2D eigenvalue weighted by atomic mass is 127. The molecular formula is C13H16INO3. The number of carbonyl (C=O) groups is 2. The molecule has 98 valence electrons.